The molecule has 0 aromatic rings. The molecule has 6 nitrogen and oxygen atoms in total. The van der Waals surface area contributed by atoms with Gasteiger partial charge in [0.25, 0.3) is 0 Å². The van der Waals surface area contributed by atoms with E-state index in [1.54, 1.807) is 0 Å². The predicted octanol–water partition coefficient (Wildman–Crippen LogP) is 19.9. The third kappa shape index (κ3) is 54.7. The maximum absolute atomic E-state index is 12.9. The molecule has 0 amide bonds. The lowest BCUT2D eigenvalue weighted by molar-refractivity contribution is -0.167. The number of esters is 3. The third-order valence-electron chi connectivity index (χ3n) is 13.4. The molecule has 0 bridgehead atoms. The van der Waals surface area contributed by atoms with Gasteiger partial charge in [-0.05, 0) is 70.6 Å². The summed E-state index contributed by atoms with van der Waals surface area (Å²) in [5.74, 6) is -0.859. The van der Waals surface area contributed by atoms with Crippen molar-refractivity contribution in [3.8, 4) is 0 Å². The van der Waals surface area contributed by atoms with E-state index in [1.165, 1.54) is 225 Å². The molecule has 0 aliphatic rings. The van der Waals surface area contributed by atoms with Crippen LogP contribution in [0.2, 0.25) is 0 Å². The van der Waals surface area contributed by atoms with Crippen molar-refractivity contribution in [2.24, 2.45) is 0 Å². The molecule has 0 spiro atoms. The lowest BCUT2D eigenvalue weighted by atomic mass is 10.0. The Morgan fingerprint density at radius 3 is 0.746 bits per heavy atom. The number of rotatable bonds is 55. The highest BCUT2D eigenvalue weighted by molar-refractivity contribution is 5.71. The number of unbranched alkanes of at least 4 members (excludes halogenated alkanes) is 40. The van der Waals surface area contributed by atoms with E-state index in [4.69, 9.17) is 14.2 Å². The SMILES string of the molecule is CCCCCCCC/C=C\CCCCCCCCCCCC(=O)OC[C@@H](COC(=O)CCCCCCCCCCCCCCCCC)OC(=O)CCCCCCC/C=C\CCCCCCCC. The summed E-state index contributed by atoms with van der Waals surface area (Å²) in [4.78, 5) is 38.2. The Balaban J connectivity index is 4.32. The van der Waals surface area contributed by atoms with Gasteiger partial charge < -0.3 is 14.2 Å². The van der Waals surface area contributed by atoms with E-state index in [9.17, 15) is 14.4 Å². The molecule has 0 unspecified atom stereocenters. The molecule has 67 heavy (non-hydrogen) atoms. The lowest BCUT2D eigenvalue weighted by Gasteiger charge is -2.18. The number of carbonyl (C=O) groups is 3. The summed E-state index contributed by atoms with van der Waals surface area (Å²) < 4.78 is 16.9. The average Bonchev–Trinajstić information content (AvgIpc) is 3.33. The third-order valence-corrected chi connectivity index (χ3v) is 13.4. The highest BCUT2D eigenvalue weighted by Gasteiger charge is 2.19. The van der Waals surface area contributed by atoms with E-state index in [0.717, 1.165) is 64.2 Å². The summed E-state index contributed by atoms with van der Waals surface area (Å²) in [5.41, 5.74) is 0. The van der Waals surface area contributed by atoms with E-state index in [1.807, 2.05) is 0 Å². The molecule has 0 fully saturated rings. The number of ether oxygens (including phenoxy) is 3. The molecule has 1 atom stereocenters. The molecule has 0 saturated heterocycles. The Morgan fingerprint density at radius 2 is 0.493 bits per heavy atom. The molecule has 0 radical (unpaired) electrons. The van der Waals surface area contributed by atoms with Crippen LogP contribution in [0.1, 0.15) is 329 Å². The fraction of sp³-hybridized carbons (Fsp3) is 0.885. The van der Waals surface area contributed by atoms with Gasteiger partial charge >= 0.3 is 17.9 Å². The molecule has 0 N–H and O–H groups in total. The molecule has 0 aromatic carbocycles. The predicted molar refractivity (Wildman–Crippen MR) is 289 cm³/mol. The summed E-state index contributed by atoms with van der Waals surface area (Å²) in [6.45, 7) is 6.67. The molecular weight excluding hydrogens is 829 g/mol. The van der Waals surface area contributed by atoms with Crippen LogP contribution in [0.3, 0.4) is 0 Å². The van der Waals surface area contributed by atoms with Gasteiger partial charge in [0.2, 0.25) is 0 Å². The van der Waals surface area contributed by atoms with Crippen LogP contribution in [0.25, 0.3) is 0 Å². The van der Waals surface area contributed by atoms with Crippen molar-refractivity contribution in [2.75, 3.05) is 13.2 Å². The maximum Gasteiger partial charge on any atom is 0.306 e. The molecular formula is C61H114O6. The van der Waals surface area contributed by atoms with Crippen molar-refractivity contribution in [2.45, 2.75) is 335 Å². The van der Waals surface area contributed by atoms with Crippen molar-refractivity contribution in [3.05, 3.63) is 24.3 Å². The van der Waals surface area contributed by atoms with Gasteiger partial charge in [-0.15, -0.1) is 0 Å². The van der Waals surface area contributed by atoms with Crippen LogP contribution in [0.15, 0.2) is 24.3 Å². The summed E-state index contributed by atoms with van der Waals surface area (Å²) in [6.07, 6.45) is 65.9. The van der Waals surface area contributed by atoms with E-state index < -0.39 is 6.10 Å². The van der Waals surface area contributed by atoms with Crippen molar-refractivity contribution >= 4 is 17.9 Å². The topological polar surface area (TPSA) is 78.9 Å². The van der Waals surface area contributed by atoms with Gasteiger partial charge in [-0.2, -0.15) is 0 Å². The first-order valence-corrected chi connectivity index (χ1v) is 29.8. The quantitative estimate of drug-likeness (QED) is 0.0262. The van der Waals surface area contributed by atoms with Crippen molar-refractivity contribution in [1.29, 1.82) is 0 Å². The Morgan fingerprint density at radius 1 is 0.284 bits per heavy atom. The zero-order valence-electron chi connectivity index (χ0n) is 45.2. The van der Waals surface area contributed by atoms with Gasteiger partial charge in [-0.1, -0.05) is 263 Å². The summed E-state index contributed by atoms with van der Waals surface area (Å²) >= 11 is 0. The zero-order chi connectivity index (χ0) is 48.6. The van der Waals surface area contributed by atoms with Gasteiger partial charge in [0.1, 0.15) is 13.2 Å². The molecule has 394 valence electrons. The highest BCUT2D eigenvalue weighted by Crippen LogP contribution is 2.17. The fourth-order valence-electron chi connectivity index (χ4n) is 8.91. The van der Waals surface area contributed by atoms with Crippen LogP contribution in [0.4, 0.5) is 0 Å². The Labute approximate surface area is 417 Å². The van der Waals surface area contributed by atoms with Crippen LogP contribution >= 0.6 is 0 Å². The van der Waals surface area contributed by atoms with E-state index in [0.29, 0.717) is 19.3 Å². The monoisotopic (exact) mass is 943 g/mol. The number of hydrogen-bond donors (Lipinski definition) is 0. The molecule has 6 heteroatoms. The maximum atomic E-state index is 12.9. The second-order valence-electron chi connectivity index (χ2n) is 20.3. The summed E-state index contributed by atoms with van der Waals surface area (Å²) in [6, 6.07) is 0. The van der Waals surface area contributed by atoms with Gasteiger partial charge in [0, 0.05) is 19.3 Å². The van der Waals surface area contributed by atoms with Crippen LogP contribution < -0.4 is 0 Å². The van der Waals surface area contributed by atoms with Gasteiger partial charge in [0.15, 0.2) is 6.10 Å². The number of allylic oxidation sites excluding steroid dienone is 4. The second kappa shape index (κ2) is 56.5. The molecule has 0 heterocycles. The zero-order valence-corrected chi connectivity index (χ0v) is 45.2. The van der Waals surface area contributed by atoms with Gasteiger partial charge in [0.05, 0.1) is 0 Å². The van der Waals surface area contributed by atoms with Crippen molar-refractivity contribution in [1.82, 2.24) is 0 Å². The summed E-state index contributed by atoms with van der Waals surface area (Å²) in [7, 11) is 0. The second-order valence-corrected chi connectivity index (χ2v) is 20.3. The van der Waals surface area contributed by atoms with E-state index >= 15 is 0 Å². The first kappa shape index (κ1) is 64.9. The standard InChI is InChI=1S/C61H114O6/c1-4-7-10-13-16-19-22-25-28-29-30-31-34-36-39-42-45-48-51-54-60(63)66-57-58(67-61(64)55-52-49-46-43-40-37-33-27-24-21-18-15-12-9-6-3)56-65-59(62)53-50-47-44-41-38-35-32-26-23-20-17-14-11-8-5-2/h25,27-28,33,58H,4-24,26,29-32,34-57H2,1-3H3/b28-25-,33-27-/t58-/m1/s1. The Hall–Kier alpha value is -2.11. The first-order valence-electron chi connectivity index (χ1n) is 29.8. The van der Waals surface area contributed by atoms with Gasteiger partial charge in [-0.25, -0.2) is 0 Å². The van der Waals surface area contributed by atoms with Crippen LogP contribution in [-0.2, 0) is 28.6 Å². The largest absolute Gasteiger partial charge is 0.462 e. The molecule has 0 saturated carbocycles. The molecule has 0 aliphatic heterocycles. The average molecular weight is 944 g/mol. The highest BCUT2D eigenvalue weighted by atomic mass is 16.6. The smallest absolute Gasteiger partial charge is 0.306 e. The fourth-order valence-corrected chi connectivity index (χ4v) is 8.91. The number of hydrogen-bond acceptors (Lipinski definition) is 6. The van der Waals surface area contributed by atoms with Crippen LogP contribution in [-0.4, -0.2) is 37.2 Å². The van der Waals surface area contributed by atoms with Crippen molar-refractivity contribution < 1.29 is 28.6 Å². The van der Waals surface area contributed by atoms with Gasteiger partial charge in [-0.3, -0.25) is 14.4 Å². The minimum absolute atomic E-state index is 0.0705. The minimum atomic E-state index is -0.772. The Kier molecular flexibility index (Phi) is 54.7. The molecule has 0 aliphatic carbocycles. The lowest BCUT2D eigenvalue weighted by Crippen LogP contribution is -2.30. The van der Waals surface area contributed by atoms with E-state index in [2.05, 4.69) is 45.1 Å². The first-order chi connectivity index (χ1) is 33.0. The van der Waals surface area contributed by atoms with Crippen molar-refractivity contribution in [3.63, 3.8) is 0 Å². The van der Waals surface area contributed by atoms with Crippen LogP contribution in [0, 0.1) is 0 Å². The minimum Gasteiger partial charge on any atom is -0.462 e. The summed E-state index contributed by atoms with van der Waals surface area (Å²) in [5, 5.41) is 0. The van der Waals surface area contributed by atoms with Crippen LogP contribution in [0.5, 0.6) is 0 Å². The van der Waals surface area contributed by atoms with E-state index in [-0.39, 0.29) is 31.1 Å². The Bertz CT molecular complexity index is 1080. The molecule has 0 aromatic heterocycles. The normalized spacial score (nSPS) is 12.1. The number of carbonyl (C=O) groups excluding carboxylic acids is 3. The molecule has 0 rings (SSSR count).